The maximum Gasteiger partial charge on any atom is 0.309 e. The molecule has 1 atom stereocenters. The Balaban J connectivity index is 1.52. The fourth-order valence-electron chi connectivity index (χ4n) is 3.77. The van der Waals surface area contributed by atoms with Crippen molar-refractivity contribution in [1.82, 2.24) is 4.31 Å². The number of carbonyl (C=O) groups excluding carboxylic acids is 2. The summed E-state index contributed by atoms with van der Waals surface area (Å²) in [6, 6.07) is 12.4. The number of piperidine rings is 1. The molecule has 1 saturated heterocycles. The molecule has 3 rings (SSSR count). The molecule has 0 saturated carbocycles. The van der Waals surface area contributed by atoms with Crippen molar-refractivity contribution in [2.24, 2.45) is 5.92 Å². The van der Waals surface area contributed by atoms with Gasteiger partial charge in [0, 0.05) is 38.6 Å². The molecule has 8 nitrogen and oxygen atoms in total. The standard InChI is InChI=1S/C25H33N3O5S/c1-17-6-11-23(16-18(17)2)34(31,32)28-14-12-20(13-15-28)25(30)33-19(3)24(29)26-21-7-9-22(10-8-21)27(4)5/h6-11,16,19-20H,12-15H2,1-5H3,(H,26,29)/t19-/m1/s1. The highest BCUT2D eigenvalue weighted by Gasteiger charge is 2.34. The highest BCUT2D eigenvalue weighted by Crippen LogP contribution is 2.26. The normalized spacial score (nSPS) is 16.0. The van der Waals surface area contributed by atoms with Gasteiger partial charge >= 0.3 is 5.97 Å². The van der Waals surface area contributed by atoms with Gasteiger partial charge in [-0.3, -0.25) is 9.59 Å². The van der Waals surface area contributed by atoms with Crippen LogP contribution in [0.15, 0.2) is 47.4 Å². The molecule has 2 aromatic rings. The molecule has 0 unspecified atom stereocenters. The molecule has 1 aliphatic rings. The maximum atomic E-state index is 13.0. The lowest BCUT2D eigenvalue weighted by Gasteiger charge is -2.30. The van der Waals surface area contributed by atoms with Crippen molar-refractivity contribution in [3.05, 3.63) is 53.6 Å². The van der Waals surface area contributed by atoms with Gasteiger partial charge in [0.15, 0.2) is 6.10 Å². The van der Waals surface area contributed by atoms with Gasteiger partial charge in [0.1, 0.15) is 0 Å². The van der Waals surface area contributed by atoms with Crippen LogP contribution in [0.4, 0.5) is 11.4 Å². The summed E-state index contributed by atoms with van der Waals surface area (Å²) < 4.78 is 32.8. The smallest absolute Gasteiger partial charge is 0.309 e. The number of sulfonamides is 1. The summed E-state index contributed by atoms with van der Waals surface area (Å²) in [5.41, 5.74) is 3.57. The van der Waals surface area contributed by atoms with Crippen molar-refractivity contribution >= 4 is 33.3 Å². The van der Waals surface area contributed by atoms with E-state index in [0.29, 0.717) is 18.5 Å². The Kier molecular flexibility index (Phi) is 7.99. The van der Waals surface area contributed by atoms with Crippen LogP contribution < -0.4 is 10.2 Å². The highest BCUT2D eigenvalue weighted by molar-refractivity contribution is 7.89. The Labute approximate surface area is 201 Å². The minimum Gasteiger partial charge on any atom is -0.452 e. The lowest BCUT2D eigenvalue weighted by atomic mass is 9.98. The Bertz CT molecular complexity index is 1140. The van der Waals surface area contributed by atoms with Gasteiger partial charge in [-0.2, -0.15) is 4.31 Å². The molecular formula is C25H33N3O5S. The largest absolute Gasteiger partial charge is 0.452 e. The van der Waals surface area contributed by atoms with Crippen LogP contribution in [0.5, 0.6) is 0 Å². The summed E-state index contributed by atoms with van der Waals surface area (Å²) in [4.78, 5) is 27.3. The Morgan fingerprint density at radius 1 is 1.03 bits per heavy atom. The van der Waals surface area contributed by atoms with Crippen molar-refractivity contribution in [2.45, 2.75) is 44.6 Å². The molecule has 9 heteroatoms. The second-order valence-corrected chi connectivity index (χ2v) is 10.9. The number of rotatable bonds is 7. The number of ether oxygens (including phenoxy) is 1. The number of hydrogen-bond donors (Lipinski definition) is 1. The molecule has 1 N–H and O–H groups in total. The number of benzene rings is 2. The zero-order valence-corrected chi connectivity index (χ0v) is 21.2. The molecule has 1 fully saturated rings. The Morgan fingerprint density at radius 3 is 2.21 bits per heavy atom. The Morgan fingerprint density at radius 2 is 1.65 bits per heavy atom. The van der Waals surface area contributed by atoms with Gasteiger partial charge in [-0.05, 0) is 81.1 Å². The fourth-order valence-corrected chi connectivity index (χ4v) is 5.32. The third kappa shape index (κ3) is 5.95. The van der Waals surface area contributed by atoms with E-state index in [2.05, 4.69) is 5.32 Å². The predicted molar refractivity (Wildman–Crippen MR) is 132 cm³/mol. The molecule has 0 bridgehead atoms. The van der Waals surface area contributed by atoms with Crippen molar-refractivity contribution in [3.63, 3.8) is 0 Å². The number of esters is 1. The lowest BCUT2D eigenvalue weighted by molar-refractivity contribution is -0.158. The fraction of sp³-hybridized carbons (Fsp3) is 0.440. The topological polar surface area (TPSA) is 96.0 Å². The van der Waals surface area contributed by atoms with Crippen LogP contribution in [0.1, 0.15) is 30.9 Å². The van der Waals surface area contributed by atoms with Crippen LogP contribution in [0.25, 0.3) is 0 Å². The van der Waals surface area contributed by atoms with Crippen LogP contribution in [-0.2, 0) is 24.3 Å². The van der Waals surface area contributed by atoms with E-state index in [0.717, 1.165) is 16.8 Å². The van der Waals surface area contributed by atoms with Crippen LogP contribution >= 0.6 is 0 Å². The van der Waals surface area contributed by atoms with Gasteiger partial charge < -0.3 is 15.0 Å². The molecule has 0 aromatic heterocycles. The number of aryl methyl sites for hydroxylation is 2. The summed E-state index contributed by atoms with van der Waals surface area (Å²) in [5.74, 6) is -1.34. The zero-order valence-electron chi connectivity index (χ0n) is 20.4. The highest BCUT2D eigenvalue weighted by atomic mass is 32.2. The first kappa shape index (κ1) is 25.7. The quantitative estimate of drug-likeness (QED) is 0.602. The molecule has 0 aliphatic carbocycles. The summed E-state index contributed by atoms with van der Waals surface area (Å²) in [7, 11) is 0.242. The monoisotopic (exact) mass is 487 g/mol. The van der Waals surface area contributed by atoms with E-state index in [1.807, 2.05) is 45.0 Å². The first-order chi connectivity index (χ1) is 16.0. The number of anilines is 2. The van der Waals surface area contributed by atoms with Gasteiger partial charge in [0.2, 0.25) is 10.0 Å². The van der Waals surface area contributed by atoms with Gasteiger partial charge in [-0.25, -0.2) is 8.42 Å². The number of hydrogen-bond acceptors (Lipinski definition) is 6. The maximum absolute atomic E-state index is 13.0. The second-order valence-electron chi connectivity index (χ2n) is 8.93. The SMILES string of the molecule is Cc1ccc(S(=O)(=O)N2CCC(C(=O)O[C@H](C)C(=O)Nc3ccc(N(C)C)cc3)CC2)cc1C. The molecular weight excluding hydrogens is 454 g/mol. The summed E-state index contributed by atoms with van der Waals surface area (Å²) in [6.45, 7) is 5.81. The molecule has 184 valence electrons. The molecule has 1 heterocycles. The summed E-state index contributed by atoms with van der Waals surface area (Å²) >= 11 is 0. The number of amides is 1. The van der Waals surface area contributed by atoms with E-state index in [4.69, 9.17) is 4.74 Å². The van der Waals surface area contributed by atoms with Crippen LogP contribution in [0.2, 0.25) is 0 Å². The number of nitrogens with one attached hydrogen (secondary N) is 1. The molecule has 1 amide bonds. The minimum atomic E-state index is -3.62. The minimum absolute atomic E-state index is 0.230. The molecule has 2 aromatic carbocycles. The third-order valence-electron chi connectivity index (χ3n) is 6.22. The molecule has 34 heavy (non-hydrogen) atoms. The number of carbonyl (C=O) groups is 2. The van der Waals surface area contributed by atoms with Crippen LogP contribution in [-0.4, -0.2) is 57.9 Å². The van der Waals surface area contributed by atoms with E-state index in [9.17, 15) is 18.0 Å². The average molecular weight is 488 g/mol. The van der Waals surface area contributed by atoms with Crippen LogP contribution in [0.3, 0.4) is 0 Å². The van der Waals surface area contributed by atoms with Crippen molar-refractivity contribution in [2.75, 3.05) is 37.4 Å². The van der Waals surface area contributed by atoms with Gasteiger partial charge in [-0.15, -0.1) is 0 Å². The van der Waals surface area contributed by atoms with E-state index in [1.54, 1.807) is 30.3 Å². The third-order valence-corrected chi connectivity index (χ3v) is 8.11. The summed E-state index contributed by atoms with van der Waals surface area (Å²) in [5, 5.41) is 2.75. The van der Waals surface area contributed by atoms with Gasteiger partial charge in [0.25, 0.3) is 5.91 Å². The van der Waals surface area contributed by atoms with Crippen molar-refractivity contribution in [3.8, 4) is 0 Å². The lowest BCUT2D eigenvalue weighted by Crippen LogP contribution is -2.41. The molecule has 0 spiro atoms. The first-order valence-corrected chi connectivity index (χ1v) is 12.8. The van der Waals surface area contributed by atoms with Gasteiger partial charge in [0.05, 0.1) is 10.8 Å². The molecule has 1 aliphatic heterocycles. The van der Waals surface area contributed by atoms with Crippen molar-refractivity contribution < 1.29 is 22.7 Å². The average Bonchev–Trinajstić information content (AvgIpc) is 2.81. The first-order valence-electron chi connectivity index (χ1n) is 11.3. The van der Waals surface area contributed by atoms with E-state index < -0.39 is 33.9 Å². The van der Waals surface area contributed by atoms with E-state index >= 15 is 0 Å². The van der Waals surface area contributed by atoms with E-state index in [1.165, 1.54) is 11.2 Å². The predicted octanol–water partition coefficient (Wildman–Crippen LogP) is 3.34. The Hall–Kier alpha value is -2.91. The molecule has 0 radical (unpaired) electrons. The summed E-state index contributed by atoms with van der Waals surface area (Å²) in [6.07, 6.45) is -0.259. The van der Waals surface area contributed by atoms with Crippen LogP contribution in [0, 0.1) is 19.8 Å². The van der Waals surface area contributed by atoms with Gasteiger partial charge in [-0.1, -0.05) is 6.07 Å². The van der Waals surface area contributed by atoms with Crippen molar-refractivity contribution in [1.29, 1.82) is 0 Å². The number of nitrogens with zero attached hydrogens (tertiary/aromatic N) is 2. The van der Waals surface area contributed by atoms with E-state index in [-0.39, 0.29) is 18.0 Å². The zero-order chi connectivity index (χ0) is 25.0. The second kappa shape index (κ2) is 10.6.